The van der Waals surface area contributed by atoms with Crippen molar-refractivity contribution in [2.75, 3.05) is 85.9 Å². The Hall–Kier alpha value is -0.280. The molecule has 0 heterocycles. The van der Waals surface area contributed by atoms with Crippen LogP contribution in [0.4, 0.5) is 0 Å². The molecule has 0 aliphatic carbocycles. The summed E-state index contributed by atoms with van der Waals surface area (Å²) >= 11 is 0. The molecule has 0 aliphatic heterocycles. The number of nitrogens with zero attached hydrogens (tertiary/aromatic N) is 2. The minimum absolute atomic E-state index is 0.251. The van der Waals surface area contributed by atoms with E-state index in [1.807, 2.05) is 0 Å². The van der Waals surface area contributed by atoms with Gasteiger partial charge in [0.25, 0.3) is 0 Å². The Morgan fingerprint density at radius 2 is 0.775 bits per heavy atom. The van der Waals surface area contributed by atoms with Crippen LogP contribution in [0.15, 0.2) is 0 Å². The molecule has 0 saturated carbocycles. The van der Waals surface area contributed by atoms with Gasteiger partial charge in [-0.25, -0.2) is 0 Å². The molecular weight excluding hydrogens is 504 g/mol. The van der Waals surface area contributed by atoms with E-state index < -0.39 is 0 Å². The molecule has 0 atom stereocenters. The Balaban J connectivity index is 3.89. The van der Waals surface area contributed by atoms with Gasteiger partial charge < -0.3 is 33.9 Å². The Kier molecular flexibility index (Phi) is 34.7. The van der Waals surface area contributed by atoms with E-state index in [1.54, 1.807) is 0 Å². The monoisotopic (exact) mass is 575 g/mol. The lowest BCUT2D eigenvalue weighted by molar-refractivity contribution is -0.0557. The molecule has 0 aliphatic rings. The van der Waals surface area contributed by atoms with Crippen LogP contribution in [0.1, 0.15) is 130 Å². The first kappa shape index (κ1) is 39.7. The van der Waals surface area contributed by atoms with Gasteiger partial charge in [-0.05, 0) is 77.7 Å². The lowest BCUT2D eigenvalue weighted by Crippen LogP contribution is -2.32. The van der Waals surface area contributed by atoms with Crippen molar-refractivity contribution < 1.29 is 24.1 Å². The van der Waals surface area contributed by atoms with Gasteiger partial charge in [0.2, 0.25) is 0 Å². The normalized spacial score (nSPS) is 11.8. The standard InChI is InChI=1S/C33H70N2O5/c1-4-7-9-17-28-37-32-39-30-19-13-11-15-22-35(25-21-24-34(6-3)26-27-36)23-16-12-14-20-31-40-33-38-29-18-10-8-5-2/h36H,4-33H2,1-3H3. The number of aliphatic hydroxyl groups excluding tert-OH is 1. The fourth-order valence-electron chi connectivity index (χ4n) is 4.82. The fraction of sp³-hybridized carbons (Fsp3) is 1.00. The van der Waals surface area contributed by atoms with Crippen molar-refractivity contribution in [3.05, 3.63) is 0 Å². The second-order valence-electron chi connectivity index (χ2n) is 11.2. The van der Waals surface area contributed by atoms with E-state index in [0.717, 1.165) is 78.3 Å². The van der Waals surface area contributed by atoms with Crippen molar-refractivity contribution in [1.29, 1.82) is 0 Å². The van der Waals surface area contributed by atoms with Crippen LogP contribution in [0, 0.1) is 0 Å². The molecule has 0 aromatic rings. The molecule has 7 heteroatoms. The van der Waals surface area contributed by atoms with Crippen LogP contribution in [0.5, 0.6) is 0 Å². The zero-order chi connectivity index (χ0) is 29.2. The van der Waals surface area contributed by atoms with Gasteiger partial charge in [0.1, 0.15) is 13.6 Å². The maximum absolute atomic E-state index is 9.27. The summed E-state index contributed by atoms with van der Waals surface area (Å²) in [5.74, 6) is 0. The Labute approximate surface area is 249 Å². The highest BCUT2D eigenvalue weighted by atomic mass is 16.7. The maximum atomic E-state index is 9.27. The topological polar surface area (TPSA) is 63.6 Å². The predicted molar refractivity (Wildman–Crippen MR) is 169 cm³/mol. The molecule has 0 unspecified atom stereocenters. The molecule has 242 valence electrons. The number of ether oxygens (including phenoxy) is 4. The van der Waals surface area contributed by atoms with Gasteiger partial charge in [-0.1, -0.05) is 85.0 Å². The molecule has 0 fully saturated rings. The van der Waals surface area contributed by atoms with Gasteiger partial charge in [0.05, 0.1) is 6.61 Å². The molecule has 0 spiro atoms. The zero-order valence-electron chi connectivity index (χ0n) is 27.2. The second kappa shape index (κ2) is 34.9. The summed E-state index contributed by atoms with van der Waals surface area (Å²) in [5, 5.41) is 9.27. The van der Waals surface area contributed by atoms with Crippen molar-refractivity contribution in [2.45, 2.75) is 130 Å². The summed E-state index contributed by atoms with van der Waals surface area (Å²) in [6.07, 6.45) is 20.9. The van der Waals surface area contributed by atoms with E-state index in [0.29, 0.717) is 13.6 Å². The van der Waals surface area contributed by atoms with E-state index in [2.05, 4.69) is 30.6 Å². The summed E-state index contributed by atoms with van der Waals surface area (Å²) in [5.41, 5.74) is 0. The van der Waals surface area contributed by atoms with Crippen LogP contribution in [-0.4, -0.2) is 101 Å². The van der Waals surface area contributed by atoms with Crippen molar-refractivity contribution >= 4 is 0 Å². The Bertz CT molecular complexity index is 429. The zero-order valence-corrected chi connectivity index (χ0v) is 27.2. The highest BCUT2D eigenvalue weighted by Crippen LogP contribution is 2.08. The smallest absolute Gasteiger partial charge is 0.146 e. The minimum Gasteiger partial charge on any atom is -0.395 e. The van der Waals surface area contributed by atoms with Crippen molar-refractivity contribution in [3.8, 4) is 0 Å². The van der Waals surface area contributed by atoms with Crippen LogP contribution in [-0.2, 0) is 18.9 Å². The van der Waals surface area contributed by atoms with E-state index in [1.165, 1.54) is 96.6 Å². The third-order valence-electron chi connectivity index (χ3n) is 7.46. The van der Waals surface area contributed by atoms with Crippen LogP contribution >= 0.6 is 0 Å². The SMILES string of the molecule is CCCCCCOCOCCCCCCN(CCCCCCOCOCCCCCC)CCCN(CC)CCO. The summed E-state index contributed by atoms with van der Waals surface area (Å²) in [7, 11) is 0. The quantitative estimate of drug-likeness (QED) is 0.0631. The second-order valence-corrected chi connectivity index (χ2v) is 11.2. The van der Waals surface area contributed by atoms with Gasteiger partial charge in [-0.15, -0.1) is 0 Å². The molecule has 0 amide bonds. The summed E-state index contributed by atoms with van der Waals surface area (Å²) in [4.78, 5) is 5.01. The number of rotatable bonds is 35. The van der Waals surface area contributed by atoms with Crippen molar-refractivity contribution in [3.63, 3.8) is 0 Å². The number of hydrogen-bond donors (Lipinski definition) is 1. The number of aliphatic hydroxyl groups is 1. The third kappa shape index (κ3) is 30.7. The lowest BCUT2D eigenvalue weighted by Gasteiger charge is -2.25. The highest BCUT2D eigenvalue weighted by Gasteiger charge is 2.07. The van der Waals surface area contributed by atoms with Gasteiger partial charge >= 0.3 is 0 Å². The maximum Gasteiger partial charge on any atom is 0.146 e. The molecule has 1 N–H and O–H groups in total. The first-order valence-corrected chi connectivity index (χ1v) is 17.1. The average molecular weight is 575 g/mol. The van der Waals surface area contributed by atoms with E-state index >= 15 is 0 Å². The predicted octanol–water partition coefficient (Wildman–Crippen LogP) is 7.26. The van der Waals surface area contributed by atoms with Gasteiger partial charge in [-0.2, -0.15) is 0 Å². The van der Waals surface area contributed by atoms with E-state index in [4.69, 9.17) is 18.9 Å². The van der Waals surface area contributed by atoms with Crippen molar-refractivity contribution in [1.82, 2.24) is 9.80 Å². The Morgan fingerprint density at radius 1 is 0.400 bits per heavy atom. The first-order valence-electron chi connectivity index (χ1n) is 17.1. The third-order valence-corrected chi connectivity index (χ3v) is 7.46. The van der Waals surface area contributed by atoms with Crippen molar-refractivity contribution in [2.24, 2.45) is 0 Å². The van der Waals surface area contributed by atoms with Crippen LogP contribution < -0.4 is 0 Å². The van der Waals surface area contributed by atoms with Gasteiger partial charge in [-0.3, -0.25) is 0 Å². The molecule has 0 rings (SSSR count). The van der Waals surface area contributed by atoms with E-state index in [-0.39, 0.29) is 6.61 Å². The molecule has 0 bridgehead atoms. The molecule has 0 saturated heterocycles. The lowest BCUT2D eigenvalue weighted by atomic mass is 10.1. The molecule has 0 aromatic carbocycles. The molecule has 0 aromatic heterocycles. The highest BCUT2D eigenvalue weighted by molar-refractivity contribution is 4.63. The van der Waals surface area contributed by atoms with Crippen LogP contribution in [0.3, 0.4) is 0 Å². The summed E-state index contributed by atoms with van der Waals surface area (Å²) in [6, 6.07) is 0. The van der Waals surface area contributed by atoms with E-state index in [9.17, 15) is 5.11 Å². The molecule has 7 nitrogen and oxygen atoms in total. The molecular formula is C33H70N2O5. The largest absolute Gasteiger partial charge is 0.395 e. The van der Waals surface area contributed by atoms with Gasteiger partial charge in [0, 0.05) is 33.0 Å². The number of unbranched alkanes of at least 4 members (excludes halogenated alkanes) is 12. The van der Waals surface area contributed by atoms with Crippen LogP contribution in [0.25, 0.3) is 0 Å². The number of hydrogen-bond acceptors (Lipinski definition) is 7. The minimum atomic E-state index is 0.251. The summed E-state index contributed by atoms with van der Waals surface area (Å²) < 4.78 is 22.4. The summed E-state index contributed by atoms with van der Waals surface area (Å²) in [6.45, 7) is 17.5. The molecule has 0 radical (unpaired) electrons. The first-order chi connectivity index (χ1) is 19.8. The average Bonchev–Trinajstić information content (AvgIpc) is 2.97. The van der Waals surface area contributed by atoms with Gasteiger partial charge in [0.15, 0.2) is 0 Å². The van der Waals surface area contributed by atoms with Crippen LogP contribution in [0.2, 0.25) is 0 Å². The number of likely N-dealkylation sites (N-methyl/N-ethyl adjacent to an activating group) is 1. The molecule has 40 heavy (non-hydrogen) atoms. The Morgan fingerprint density at radius 3 is 1.18 bits per heavy atom. The fourth-order valence-corrected chi connectivity index (χ4v) is 4.82.